The maximum atomic E-state index is 13.7. The molecule has 0 saturated carbocycles. The summed E-state index contributed by atoms with van der Waals surface area (Å²) in [6, 6.07) is 2.96. The number of benzene rings is 1. The number of imidazole rings is 1. The fourth-order valence-electron chi connectivity index (χ4n) is 4.39. The average molecular weight is 662 g/mol. The molecule has 0 bridgehead atoms. The lowest BCUT2D eigenvalue weighted by Crippen LogP contribution is -2.59. The lowest BCUT2D eigenvalue weighted by Gasteiger charge is -2.27. The van der Waals surface area contributed by atoms with Crippen molar-refractivity contribution < 1.29 is 39.0 Å². The lowest BCUT2D eigenvalue weighted by molar-refractivity contribution is -0.143. The fourth-order valence-corrected chi connectivity index (χ4v) is 4.86. The molecule has 1 aromatic carbocycles. The van der Waals surface area contributed by atoms with Gasteiger partial charge in [0.15, 0.2) is 0 Å². The molecule has 0 saturated heterocycles. The number of aliphatic carboxylic acids is 2. The van der Waals surface area contributed by atoms with Crippen molar-refractivity contribution in [1.82, 2.24) is 31.2 Å². The Balaban J connectivity index is 2.29. The van der Waals surface area contributed by atoms with E-state index >= 15 is 0 Å². The van der Waals surface area contributed by atoms with Crippen molar-refractivity contribution in [2.75, 3.05) is 12.0 Å². The number of aromatic nitrogens is 2. The molecular formula is C30H43N7O8S. The zero-order chi connectivity index (χ0) is 34.2. The standard InChI is InChI=1S/C30H43N7O8S/c1-17(2)25(30(44)45)37-29(43)22(13-18-7-5-4-6-8-18)36-27(41)21(11-12-46-3)34-28(42)23(14-19-15-32-16-33-19)35-26(40)20(31)9-10-24(38)39/h4-8,15-17,20-23,25H,9-14,31H2,1-3H3,(H,32,33)(H,34,42)(H,35,40)(H,36,41)(H,37,43)(H,38,39)(H,44,45)/t20-,21-,22-,23-,25-/m0/s1. The fraction of sp³-hybridized carbons (Fsp3) is 0.500. The van der Waals surface area contributed by atoms with Gasteiger partial charge in [0.05, 0.1) is 12.4 Å². The quantitative estimate of drug-likeness (QED) is 0.0925. The largest absolute Gasteiger partial charge is 0.481 e. The van der Waals surface area contributed by atoms with Crippen LogP contribution in [0, 0.1) is 5.92 Å². The number of carboxylic acids is 2. The molecule has 16 heteroatoms. The third-order valence-corrected chi connectivity index (χ3v) is 7.65. The van der Waals surface area contributed by atoms with E-state index in [9.17, 15) is 33.9 Å². The minimum atomic E-state index is -1.22. The number of aromatic amines is 1. The highest BCUT2D eigenvalue weighted by Gasteiger charge is 2.33. The molecule has 0 aliphatic carbocycles. The number of nitrogens with two attached hydrogens (primary N) is 1. The Morgan fingerprint density at radius 3 is 2.00 bits per heavy atom. The molecule has 252 valence electrons. The van der Waals surface area contributed by atoms with Gasteiger partial charge in [0.25, 0.3) is 0 Å². The number of hydrogen-bond donors (Lipinski definition) is 8. The molecule has 5 atom stereocenters. The molecule has 15 nitrogen and oxygen atoms in total. The number of H-pyrrole nitrogens is 1. The molecule has 0 aliphatic heterocycles. The molecule has 4 amide bonds. The van der Waals surface area contributed by atoms with Crippen molar-refractivity contribution in [3.8, 4) is 0 Å². The van der Waals surface area contributed by atoms with Crippen LogP contribution in [0.2, 0.25) is 0 Å². The monoisotopic (exact) mass is 661 g/mol. The molecular weight excluding hydrogens is 618 g/mol. The topological polar surface area (TPSA) is 246 Å². The molecule has 0 unspecified atom stereocenters. The van der Waals surface area contributed by atoms with E-state index in [0.29, 0.717) is 17.0 Å². The van der Waals surface area contributed by atoms with E-state index in [-0.39, 0.29) is 32.1 Å². The van der Waals surface area contributed by atoms with Crippen molar-refractivity contribution in [2.45, 2.75) is 76.2 Å². The second-order valence-electron chi connectivity index (χ2n) is 11.0. The van der Waals surface area contributed by atoms with Crippen molar-refractivity contribution >= 4 is 47.3 Å². The summed E-state index contributed by atoms with van der Waals surface area (Å²) in [7, 11) is 0. The van der Waals surface area contributed by atoms with Crippen LogP contribution in [-0.4, -0.2) is 98.0 Å². The molecule has 0 spiro atoms. The van der Waals surface area contributed by atoms with Crippen LogP contribution in [0.15, 0.2) is 42.9 Å². The predicted octanol–water partition coefficient (Wildman–Crippen LogP) is -0.180. The zero-order valence-electron chi connectivity index (χ0n) is 26.0. The molecule has 0 aliphatic rings. The van der Waals surface area contributed by atoms with Gasteiger partial charge >= 0.3 is 11.9 Å². The Morgan fingerprint density at radius 1 is 0.848 bits per heavy atom. The summed E-state index contributed by atoms with van der Waals surface area (Å²) in [6.07, 6.45) is 4.37. The Bertz CT molecular complexity index is 1310. The first-order chi connectivity index (χ1) is 21.8. The number of carboxylic acid groups (broad SMARTS) is 2. The molecule has 1 aromatic heterocycles. The van der Waals surface area contributed by atoms with Crippen LogP contribution in [0.4, 0.5) is 0 Å². The van der Waals surface area contributed by atoms with E-state index in [4.69, 9.17) is 10.8 Å². The molecule has 46 heavy (non-hydrogen) atoms. The van der Waals surface area contributed by atoms with Crippen LogP contribution in [0.3, 0.4) is 0 Å². The molecule has 2 rings (SSSR count). The predicted molar refractivity (Wildman–Crippen MR) is 170 cm³/mol. The first-order valence-corrected chi connectivity index (χ1v) is 16.1. The minimum absolute atomic E-state index is 0.0368. The summed E-state index contributed by atoms with van der Waals surface area (Å²) >= 11 is 1.43. The van der Waals surface area contributed by atoms with Gasteiger partial charge in [-0.15, -0.1) is 0 Å². The lowest BCUT2D eigenvalue weighted by atomic mass is 10.0. The van der Waals surface area contributed by atoms with Crippen molar-refractivity contribution in [3.63, 3.8) is 0 Å². The van der Waals surface area contributed by atoms with Crippen LogP contribution in [0.25, 0.3) is 0 Å². The molecule has 9 N–H and O–H groups in total. The van der Waals surface area contributed by atoms with Crippen LogP contribution >= 0.6 is 11.8 Å². The number of nitrogens with zero attached hydrogens (tertiary/aromatic N) is 1. The average Bonchev–Trinajstić information content (AvgIpc) is 3.53. The number of thioether (sulfide) groups is 1. The van der Waals surface area contributed by atoms with Crippen LogP contribution in [0.1, 0.15) is 44.4 Å². The first kappa shape index (κ1) is 37.7. The minimum Gasteiger partial charge on any atom is -0.481 e. The maximum Gasteiger partial charge on any atom is 0.326 e. The Kier molecular flexibility index (Phi) is 15.7. The summed E-state index contributed by atoms with van der Waals surface area (Å²) < 4.78 is 0. The second-order valence-corrected chi connectivity index (χ2v) is 12.0. The van der Waals surface area contributed by atoms with E-state index in [1.54, 1.807) is 44.2 Å². The number of carbonyl (C=O) groups excluding carboxylic acids is 4. The van der Waals surface area contributed by atoms with Gasteiger partial charge in [0, 0.05) is 31.2 Å². The highest BCUT2D eigenvalue weighted by molar-refractivity contribution is 7.98. The van der Waals surface area contributed by atoms with Gasteiger partial charge in [-0.25, -0.2) is 9.78 Å². The summed E-state index contributed by atoms with van der Waals surface area (Å²) in [5.74, 6) is -5.16. The summed E-state index contributed by atoms with van der Waals surface area (Å²) in [4.78, 5) is 82.8. The number of rotatable bonds is 20. The van der Waals surface area contributed by atoms with Gasteiger partial charge in [-0.2, -0.15) is 11.8 Å². The van der Waals surface area contributed by atoms with E-state index in [0.717, 1.165) is 0 Å². The molecule has 0 fully saturated rings. The number of amides is 4. The SMILES string of the molecule is CSCC[C@H](NC(=O)[C@H](Cc1cnc[nH]1)NC(=O)[C@@H](N)CCC(=O)O)C(=O)N[C@@H](Cc1ccccc1)C(=O)N[C@H](C(=O)O)C(C)C. The van der Waals surface area contributed by atoms with Gasteiger partial charge in [-0.05, 0) is 36.3 Å². The van der Waals surface area contributed by atoms with Gasteiger partial charge in [0.1, 0.15) is 24.2 Å². The van der Waals surface area contributed by atoms with E-state index < -0.39 is 71.7 Å². The van der Waals surface area contributed by atoms with Crippen LogP contribution in [-0.2, 0) is 41.6 Å². The Morgan fingerprint density at radius 2 is 1.43 bits per heavy atom. The van der Waals surface area contributed by atoms with Crippen molar-refractivity contribution in [3.05, 3.63) is 54.1 Å². The van der Waals surface area contributed by atoms with E-state index in [1.807, 2.05) is 6.26 Å². The first-order valence-electron chi connectivity index (χ1n) is 14.7. The van der Waals surface area contributed by atoms with Gasteiger partial charge < -0.3 is 42.2 Å². The molecule has 2 aromatic rings. The Hall–Kier alpha value is -4.44. The van der Waals surface area contributed by atoms with Crippen LogP contribution in [0.5, 0.6) is 0 Å². The Labute approximate surface area is 271 Å². The van der Waals surface area contributed by atoms with Crippen molar-refractivity contribution in [1.29, 1.82) is 0 Å². The summed E-state index contributed by atoms with van der Waals surface area (Å²) in [5, 5.41) is 28.9. The maximum absolute atomic E-state index is 13.7. The normalized spacial score (nSPS) is 14.3. The summed E-state index contributed by atoms with van der Waals surface area (Å²) in [6.45, 7) is 3.30. The number of hydrogen-bond acceptors (Lipinski definition) is 9. The third-order valence-electron chi connectivity index (χ3n) is 7.01. The van der Waals surface area contributed by atoms with Crippen LogP contribution < -0.4 is 27.0 Å². The molecule has 0 radical (unpaired) electrons. The smallest absolute Gasteiger partial charge is 0.326 e. The van der Waals surface area contributed by atoms with Gasteiger partial charge in [0.2, 0.25) is 23.6 Å². The highest BCUT2D eigenvalue weighted by Crippen LogP contribution is 2.10. The zero-order valence-corrected chi connectivity index (χ0v) is 26.8. The number of carbonyl (C=O) groups is 6. The van der Waals surface area contributed by atoms with E-state index in [2.05, 4.69) is 31.2 Å². The van der Waals surface area contributed by atoms with E-state index in [1.165, 1.54) is 24.3 Å². The second kappa shape index (κ2) is 19.2. The molecule has 1 heterocycles. The third kappa shape index (κ3) is 12.9. The highest BCUT2D eigenvalue weighted by atomic mass is 32.2. The van der Waals surface area contributed by atoms with Crippen molar-refractivity contribution in [2.24, 2.45) is 11.7 Å². The number of nitrogens with one attached hydrogen (secondary N) is 5. The van der Waals surface area contributed by atoms with Gasteiger partial charge in [-0.1, -0.05) is 44.2 Å². The summed E-state index contributed by atoms with van der Waals surface area (Å²) in [5.41, 5.74) is 7.07. The van der Waals surface area contributed by atoms with Gasteiger partial charge in [-0.3, -0.25) is 24.0 Å².